The van der Waals surface area contributed by atoms with E-state index in [0.29, 0.717) is 6.04 Å². The zero-order valence-corrected chi connectivity index (χ0v) is 9.11. The Balaban J connectivity index is 1.90. The summed E-state index contributed by atoms with van der Waals surface area (Å²) in [6, 6.07) is 4.54. The molecular formula is C12H18N2O. The monoisotopic (exact) mass is 206 g/mol. The first-order valence-corrected chi connectivity index (χ1v) is 5.62. The van der Waals surface area contributed by atoms with Crippen LogP contribution in [0.2, 0.25) is 0 Å². The molecule has 0 saturated carbocycles. The van der Waals surface area contributed by atoms with Gasteiger partial charge in [-0.3, -0.25) is 4.98 Å². The minimum absolute atomic E-state index is 0.220. The van der Waals surface area contributed by atoms with Gasteiger partial charge in [-0.05, 0) is 44.4 Å². The van der Waals surface area contributed by atoms with Crippen molar-refractivity contribution in [1.29, 1.82) is 0 Å². The number of aliphatic hydroxyl groups excluding tert-OH is 1. The Morgan fingerprint density at radius 2 is 2.53 bits per heavy atom. The first-order chi connectivity index (χ1) is 7.27. The van der Waals surface area contributed by atoms with Crippen LogP contribution in [0, 0.1) is 0 Å². The second-order valence-electron chi connectivity index (χ2n) is 4.23. The van der Waals surface area contributed by atoms with E-state index in [1.54, 1.807) is 0 Å². The van der Waals surface area contributed by atoms with Crippen LogP contribution in [-0.2, 0) is 6.42 Å². The fourth-order valence-electron chi connectivity index (χ4n) is 2.08. The Bertz CT molecular complexity index is 325. The highest BCUT2D eigenvalue weighted by atomic mass is 16.3. The van der Waals surface area contributed by atoms with Gasteiger partial charge in [0.25, 0.3) is 0 Å². The first-order valence-electron chi connectivity index (χ1n) is 5.62. The van der Waals surface area contributed by atoms with Crippen molar-refractivity contribution in [2.75, 3.05) is 6.54 Å². The van der Waals surface area contributed by atoms with Gasteiger partial charge in [0.15, 0.2) is 0 Å². The number of aryl methyl sites for hydroxylation is 1. The molecule has 2 atom stereocenters. The molecule has 0 bridgehead atoms. The molecule has 1 aromatic heterocycles. The van der Waals surface area contributed by atoms with E-state index in [4.69, 9.17) is 5.11 Å². The number of hydrogen-bond donors (Lipinski definition) is 2. The van der Waals surface area contributed by atoms with Gasteiger partial charge >= 0.3 is 0 Å². The molecule has 2 rings (SSSR count). The third-order valence-corrected chi connectivity index (χ3v) is 2.91. The van der Waals surface area contributed by atoms with Gasteiger partial charge in [-0.1, -0.05) is 6.07 Å². The van der Waals surface area contributed by atoms with Crippen molar-refractivity contribution in [1.82, 2.24) is 10.3 Å². The predicted molar refractivity (Wildman–Crippen MR) is 59.6 cm³/mol. The number of rotatable bonds is 4. The van der Waals surface area contributed by atoms with Gasteiger partial charge < -0.3 is 10.4 Å². The van der Waals surface area contributed by atoms with Crippen LogP contribution >= 0.6 is 0 Å². The summed E-state index contributed by atoms with van der Waals surface area (Å²) in [5.74, 6) is 0. The second-order valence-corrected chi connectivity index (χ2v) is 4.23. The number of hydrogen-bond acceptors (Lipinski definition) is 3. The molecule has 82 valence electrons. The lowest BCUT2D eigenvalue weighted by Gasteiger charge is -2.13. The molecule has 2 unspecified atom stereocenters. The minimum Gasteiger partial charge on any atom is -0.393 e. The maximum atomic E-state index is 9.17. The molecule has 1 heterocycles. The number of aliphatic hydroxyl groups is 1. The Labute approximate surface area is 90.5 Å². The number of pyridine rings is 1. The molecule has 2 N–H and O–H groups in total. The van der Waals surface area contributed by atoms with Gasteiger partial charge in [0.05, 0.1) is 17.8 Å². The maximum Gasteiger partial charge on any atom is 0.0605 e. The molecule has 0 aromatic carbocycles. The molecule has 0 aliphatic heterocycles. The number of aromatic nitrogens is 1. The number of nitrogens with zero attached hydrogens (tertiary/aromatic N) is 1. The fraction of sp³-hybridized carbons (Fsp3) is 0.583. The summed E-state index contributed by atoms with van der Waals surface area (Å²) < 4.78 is 0. The van der Waals surface area contributed by atoms with E-state index < -0.39 is 0 Å². The quantitative estimate of drug-likeness (QED) is 0.783. The lowest BCUT2D eigenvalue weighted by molar-refractivity contribution is 0.182. The van der Waals surface area contributed by atoms with Gasteiger partial charge in [-0.2, -0.15) is 0 Å². The first kappa shape index (κ1) is 10.6. The van der Waals surface area contributed by atoms with Crippen LogP contribution in [0.3, 0.4) is 0 Å². The third kappa shape index (κ3) is 2.55. The van der Waals surface area contributed by atoms with Crippen LogP contribution in [0.15, 0.2) is 18.3 Å². The van der Waals surface area contributed by atoms with E-state index >= 15 is 0 Å². The Kier molecular flexibility index (Phi) is 3.34. The highest BCUT2D eigenvalue weighted by molar-refractivity contribution is 5.27. The van der Waals surface area contributed by atoms with Crippen molar-refractivity contribution < 1.29 is 5.11 Å². The van der Waals surface area contributed by atoms with Crippen molar-refractivity contribution in [3.63, 3.8) is 0 Å². The summed E-state index contributed by atoms with van der Waals surface area (Å²) >= 11 is 0. The normalized spacial score (nSPS) is 21.3. The van der Waals surface area contributed by atoms with Crippen molar-refractivity contribution in [2.24, 2.45) is 0 Å². The van der Waals surface area contributed by atoms with E-state index in [9.17, 15) is 0 Å². The zero-order chi connectivity index (χ0) is 10.7. The molecule has 1 aliphatic carbocycles. The van der Waals surface area contributed by atoms with E-state index in [0.717, 1.165) is 25.8 Å². The molecule has 0 amide bonds. The molecule has 1 aromatic rings. The van der Waals surface area contributed by atoms with Gasteiger partial charge in [0, 0.05) is 6.20 Å². The summed E-state index contributed by atoms with van der Waals surface area (Å²) in [4.78, 5) is 4.41. The maximum absolute atomic E-state index is 9.17. The third-order valence-electron chi connectivity index (χ3n) is 2.91. The largest absolute Gasteiger partial charge is 0.393 e. The second kappa shape index (κ2) is 4.73. The standard InChI is InChI=1S/C12H18N2O/c1-9(15)6-8-13-11-5-4-10-3-2-7-14-12(10)11/h2-3,7,9,11,13,15H,4-6,8H2,1H3. The Morgan fingerprint density at radius 1 is 1.67 bits per heavy atom. The highest BCUT2D eigenvalue weighted by Crippen LogP contribution is 2.28. The SMILES string of the molecule is CC(O)CCNC1CCc2cccnc21. The average molecular weight is 206 g/mol. The average Bonchev–Trinajstić information content (AvgIpc) is 2.62. The molecular weight excluding hydrogens is 188 g/mol. The molecule has 1 aliphatic rings. The smallest absolute Gasteiger partial charge is 0.0605 e. The molecule has 0 fully saturated rings. The number of nitrogens with one attached hydrogen (secondary N) is 1. The Hall–Kier alpha value is -0.930. The van der Waals surface area contributed by atoms with Crippen LogP contribution in [0.4, 0.5) is 0 Å². The predicted octanol–water partition coefficient (Wildman–Crippen LogP) is 1.43. The topological polar surface area (TPSA) is 45.1 Å². The number of fused-ring (bicyclic) bond motifs is 1. The summed E-state index contributed by atoms with van der Waals surface area (Å²) in [5.41, 5.74) is 2.56. The molecule has 0 spiro atoms. The van der Waals surface area contributed by atoms with Gasteiger partial charge in [0.2, 0.25) is 0 Å². The van der Waals surface area contributed by atoms with Crippen molar-refractivity contribution >= 4 is 0 Å². The molecule has 0 radical (unpaired) electrons. The van der Waals surface area contributed by atoms with E-state index in [1.165, 1.54) is 11.3 Å². The van der Waals surface area contributed by atoms with Crippen LogP contribution < -0.4 is 5.32 Å². The van der Waals surface area contributed by atoms with E-state index in [2.05, 4.69) is 16.4 Å². The van der Waals surface area contributed by atoms with Crippen LogP contribution in [0.1, 0.15) is 37.1 Å². The molecule has 3 heteroatoms. The van der Waals surface area contributed by atoms with E-state index in [1.807, 2.05) is 19.2 Å². The van der Waals surface area contributed by atoms with E-state index in [-0.39, 0.29) is 6.10 Å². The van der Waals surface area contributed by atoms with Crippen LogP contribution in [0.25, 0.3) is 0 Å². The Morgan fingerprint density at radius 3 is 3.33 bits per heavy atom. The lowest BCUT2D eigenvalue weighted by atomic mass is 10.2. The van der Waals surface area contributed by atoms with Crippen molar-refractivity contribution in [3.05, 3.63) is 29.6 Å². The van der Waals surface area contributed by atoms with Crippen molar-refractivity contribution in [3.8, 4) is 0 Å². The van der Waals surface area contributed by atoms with Gasteiger partial charge in [0.1, 0.15) is 0 Å². The van der Waals surface area contributed by atoms with Crippen molar-refractivity contribution in [2.45, 2.75) is 38.3 Å². The van der Waals surface area contributed by atoms with Crippen LogP contribution in [-0.4, -0.2) is 22.7 Å². The highest BCUT2D eigenvalue weighted by Gasteiger charge is 2.22. The van der Waals surface area contributed by atoms with Crippen LogP contribution in [0.5, 0.6) is 0 Å². The molecule has 15 heavy (non-hydrogen) atoms. The minimum atomic E-state index is -0.220. The lowest BCUT2D eigenvalue weighted by Crippen LogP contribution is -2.23. The summed E-state index contributed by atoms with van der Waals surface area (Å²) in [6.07, 6.45) is 4.69. The summed E-state index contributed by atoms with van der Waals surface area (Å²) in [5, 5.41) is 12.6. The summed E-state index contributed by atoms with van der Waals surface area (Å²) in [6.45, 7) is 2.68. The summed E-state index contributed by atoms with van der Waals surface area (Å²) in [7, 11) is 0. The zero-order valence-electron chi connectivity index (χ0n) is 9.11. The molecule has 3 nitrogen and oxygen atoms in total. The van der Waals surface area contributed by atoms with Gasteiger partial charge in [-0.15, -0.1) is 0 Å². The van der Waals surface area contributed by atoms with Gasteiger partial charge in [-0.25, -0.2) is 0 Å². The molecule has 0 saturated heterocycles. The fourth-order valence-corrected chi connectivity index (χ4v) is 2.08.